The summed E-state index contributed by atoms with van der Waals surface area (Å²) >= 11 is 7.21. The molecule has 1 N–H and O–H groups in total. The molecule has 2 aromatic carbocycles. The van der Waals surface area contributed by atoms with E-state index in [-0.39, 0.29) is 17.1 Å². The number of nitro groups is 1. The zero-order valence-electron chi connectivity index (χ0n) is 16.5. The van der Waals surface area contributed by atoms with E-state index in [0.717, 1.165) is 41.9 Å². The van der Waals surface area contributed by atoms with Crippen LogP contribution in [0.25, 0.3) is 0 Å². The number of benzene rings is 2. The quantitative estimate of drug-likeness (QED) is 0.448. The highest BCUT2D eigenvalue weighted by Crippen LogP contribution is 2.55. The summed E-state index contributed by atoms with van der Waals surface area (Å²) in [5.41, 5.74) is 0.197. The second kappa shape index (κ2) is 7.57. The zero-order chi connectivity index (χ0) is 20.9. The summed E-state index contributed by atoms with van der Waals surface area (Å²) in [4.78, 5) is 25.7. The highest BCUT2D eigenvalue weighted by Gasteiger charge is 2.51. The molecular formula is C23H23ClN2O3S. The Morgan fingerprint density at radius 3 is 2.20 bits per heavy atom. The molecule has 0 aromatic heterocycles. The van der Waals surface area contributed by atoms with Crippen LogP contribution in [-0.4, -0.2) is 16.4 Å². The Morgan fingerprint density at radius 1 is 1.03 bits per heavy atom. The molecule has 4 bridgehead atoms. The molecule has 4 aliphatic rings. The van der Waals surface area contributed by atoms with Gasteiger partial charge in [0.15, 0.2) is 0 Å². The second-order valence-electron chi connectivity index (χ2n) is 9.15. The molecule has 4 saturated carbocycles. The smallest absolute Gasteiger partial charge is 0.284 e. The van der Waals surface area contributed by atoms with Crippen LogP contribution >= 0.6 is 23.4 Å². The Labute approximate surface area is 184 Å². The predicted molar refractivity (Wildman–Crippen MR) is 117 cm³/mol. The van der Waals surface area contributed by atoms with E-state index in [2.05, 4.69) is 5.32 Å². The van der Waals surface area contributed by atoms with E-state index in [4.69, 9.17) is 11.6 Å². The third-order valence-corrected chi connectivity index (χ3v) is 8.20. The Kier molecular flexibility index (Phi) is 5.02. The largest absolute Gasteiger partial charge is 0.347 e. The molecule has 0 saturated heterocycles. The van der Waals surface area contributed by atoms with Crippen molar-refractivity contribution in [2.75, 3.05) is 0 Å². The van der Waals surface area contributed by atoms with E-state index in [0.29, 0.717) is 15.5 Å². The Balaban J connectivity index is 1.37. The number of rotatable bonds is 5. The first-order valence-electron chi connectivity index (χ1n) is 10.4. The third-order valence-electron chi connectivity index (χ3n) is 6.88. The van der Waals surface area contributed by atoms with Crippen LogP contribution in [0.2, 0.25) is 5.02 Å². The fourth-order valence-corrected chi connectivity index (χ4v) is 7.12. The van der Waals surface area contributed by atoms with Crippen molar-refractivity contribution in [3.05, 3.63) is 63.2 Å². The van der Waals surface area contributed by atoms with Crippen LogP contribution in [0.4, 0.5) is 5.69 Å². The van der Waals surface area contributed by atoms with Gasteiger partial charge in [0.1, 0.15) is 0 Å². The summed E-state index contributed by atoms with van der Waals surface area (Å²) in [6, 6.07) is 11.9. The molecule has 0 unspecified atom stereocenters. The molecule has 5 nitrogen and oxygen atoms in total. The van der Waals surface area contributed by atoms with Crippen LogP contribution in [0.5, 0.6) is 0 Å². The number of nitrogens with zero attached hydrogens (tertiary/aromatic N) is 1. The van der Waals surface area contributed by atoms with Gasteiger partial charge >= 0.3 is 0 Å². The highest BCUT2D eigenvalue weighted by atomic mass is 35.5. The van der Waals surface area contributed by atoms with Crippen molar-refractivity contribution in [1.82, 2.24) is 5.32 Å². The lowest BCUT2D eigenvalue weighted by molar-refractivity contribution is -0.387. The molecule has 156 valence electrons. The Hall–Kier alpha value is -2.05. The van der Waals surface area contributed by atoms with Gasteiger partial charge in [-0.05, 0) is 92.7 Å². The van der Waals surface area contributed by atoms with Crippen LogP contribution in [0, 0.1) is 27.9 Å². The standard InChI is InChI=1S/C23H23ClN2O3S/c24-18-2-4-19(5-3-18)30-21-6-1-17(10-20(21)26(28)29)22(27)25-23-11-14-7-15(12-23)9-16(8-14)13-23/h1-6,10,14-16H,7-9,11-13H2,(H,25,27). The molecule has 7 heteroatoms. The SMILES string of the molecule is O=C(NC12CC3CC(CC(C3)C1)C2)c1ccc(Sc2ccc(Cl)cc2)c([N+](=O)[O-])c1. The van der Waals surface area contributed by atoms with Crippen molar-refractivity contribution in [2.24, 2.45) is 17.8 Å². The lowest BCUT2D eigenvalue weighted by Gasteiger charge is -2.56. The molecule has 4 fully saturated rings. The van der Waals surface area contributed by atoms with Crippen LogP contribution in [0.3, 0.4) is 0 Å². The third kappa shape index (κ3) is 3.83. The van der Waals surface area contributed by atoms with E-state index >= 15 is 0 Å². The zero-order valence-corrected chi connectivity index (χ0v) is 18.0. The molecule has 0 heterocycles. The van der Waals surface area contributed by atoms with Crippen molar-refractivity contribution < 1.29 is 9.72 Å². The van der Waals surface area contributed by atoms with Crippen molar-refractivity contribution in [2.45, 2.75) is 53.9 Å². The highest BCUT2D eigenvalue weighted by molar-refractivity contribution is 7.99. The number of amides is 1. The minimum Gasteiger partial charge on any atom is -0.347 e. The number of hydrogen-bond donors (Lipinski definition) is 1. The van der Waals surface area contributed by atoms with Crippen molar-refractivity contribution in [1.29, 1.82) is 0 Å². The lowest BCUT2D eigenvalue weighted by atomic mass is 9.53. The maximum Gasteiger partial charge on any atom is 0.284 e. The summed E-state index contributed by atoms with van der Waals surface area (Å²) < 4.78 is 0. The van der Waals surface area contributed by atoms with Gasteiger partial charge in [-0.15, -0.1) is 0 Å². The number of carbonyl (C=O) groups excluding carboxylic acids is 1. The van der Waals surface area contributed by atoms with E-state index in [1.807, 2.05) is 12.1 Å². The molecule has 1 amide bonds. The van der Waals surface area contributed by atoms with Crippen molar-refractivity contribution in [3.63, 3.8) is 0 Å². The van der Waals surface area contributed by atoms with Crippen LogP contribution in [0.1, 0.15) is 48.9 Å². The number of nitrogens with one attached hydrogen (secondary N) is 1. The van der Waals surface area contributed by atoms with Gasteiger partial charge in [0.25, 0.3) is 11.6 Å². The predicted octanol–water partition coefficient (Wildman–Crippen LogP) is 6.10. The van der Waals surface area contributed by atoms with E-state index in [9.17, 15) is 14.9 Å². The normalized spacial score (nSPS) is 29.0. The number of hydrogen-bond acceptors (Lipinski definition) is 4. The summed E-state index contributed by atoms with van der Waals surface area (Å²) in [6.07, 6.45) is 7.07. The summed E-state index contributed by atoms with van der Waals surface area (Å²) in [5, 5.41) is 15.6. The molecule has 0 atom stereocenters. The van der Waals surface area contributed by atoms with Gasteiger partial charge in [-0.2, -0.15) is 0 Å². The molecule has 0 spiro atoms. The minimum absolute atomic E-state index is 0.0480. The maximum atomic E-state index is 13.1. The first kappa shape index (κ1) is 19.9. The fraction of sp³-hybridized carbons (Fsp3) is 0.435. The van der Waals surface area contributed by atoms with Gasteiger partial charge in [0.2, 0.25) is 0 Å². The van der Waals surface area contributed by atoms with Gasteiger partial charge in [-0.1, -0.05) is 23.4 Å². The number of halogens is 1. The molecule has 0 aliphatic heterocycles. The lowest BCUT2D eigenvalue weighted by Crippen LogP contribution is -2.59. The minimum atomic E-state index is -0.417. The van der Waals surface area contributed by atoms with Gasteiger partial charge in [0.05, 0.1) is 9.82 Å². The van der Waals surface area contributed by atoms with E-state index < -0.39 is 4.92 Å². The summed E-state index contributed by atoms with van der Waals surface area (Å²) in [7, 11) is 0. The molecular weight excluding hydrogens is 420 g/mol. The van der Waals surface area contributed by atoms with Crippen LogP contribution in [-0.2, 0) is 0 Å². The second-order valence-corrected chi connectivity index (χ2v) is 10.7. The number of nitro benzene ring substituents is 1. The van der Waals surface area contributed by atoms with Crippen molar-refractivity contribution >= 4 is 35.0 Å². The van der Waals surface area contributed by atoms with Gasteiger partial charge in [-0.25, -0.2) is 0 Å². The average Bonchev–Trinajstić information content (AvgIpc) is 2.68. The van der Waals surface area contributed by atoms with Gasteiger partial charge in [-0.3, -0.25) is 14.9 Å². The van der Waals surface area contributed by atoms with Gasteiger partial charge < -0.3 is 5.32 Å². The summed E-state index contributed by atoms with van der Waals surface area (Å²) in [6.45, 7) is 0. The topological polar surface area (TPSA) is 72.2 Å². The Bertz CT molecular complexity index is 973. The van der Waals surface area contributed by atoms with Crippen LogP contribution < -0.4 is 5.32 Å². The molecule has 6 rings (SSSR count). The monoisotopic (exact) mass is 442 g/mol. The molecule has 2 aromatic rings. The first-order valence-corrected chi connectivity index (χ1v) is 11.6. The van der Waals surface area contributed by atoms with Gasteiger partial charge in [0, 0.05) is 27.1 Å². The average molecular weight is 443 g/mol. The molecule has 30 heavy (non-hydrogen) atoms. The summed E-state index contributed by atoms with van der Waals surface area (Å²) in [5.74, 6) is 1.99. The van der Waals surface area contributed by atoms with Crippen LogP contribution in [0.15, 0.2) is 52.3 Å². The number of carbonyl (C=O) groups is 1. The molecule has 0 radical (unpaired) electrons. The van der Waals surface area contributed by atoms with E-state index in [1.54, 1.807) is 24.3 Å². The Morgan fingerprint density at radius 2 is 1.63 bits per heavy atom. The fourth-order valence-electron chi connectivity index (χ4n) is 6.09. The maximum absolute atomic E-state index is 13.1. The first-order chi connectivity index (χ1) is 14.4. The molecule has 4 aliphatic carbocycles. The van der Waals surface area contributed by atoms with E-state index in [1.165, 1.54) is 37.1 Å². The van der Waals surface area contributed by atoms with Crippen molar-refractivity contribution in [3.8, 4) is 0 Å².